The molecule has 0 aliphatic carbocycles. The smallest absolute Gasteiger partial charge is 0.326 e. The number of rotatable bonds is 14. The summed E-state index contributed by atoms with van der Waals surface area (Å²) in [4.78, 5) is 50.7. The Balaban J connectivity index is 1.40. The number of halogens is 2. The summed E-state index contributed by atoms with van der Waals surface area (Å²) in [6, 6.07) is 16.0. The summed E-state index contributed by atoms with van der Waals surface area (Å²) in [5.41, 5.74) is 1.75. The van der Waals surface area contributed by atoms with Crippen molar-refractivity contribution in [3.63, 3.8) is 0 Å². The van der Waals surface area contributed by atoms with Crippen LogP contribution < -0.4 is 20.3 Å². The summed E-state index contributed by atoms with van der Waals surface area (Å²) in [5, 5.41) is 22.5. The number of anilines is 1. The van der Waals surface area contributed by atoms with Crippen molar-refractivity contribution in [3.05, 3.63) is 95.6 Å². The molecule has 12 heteroatoms. The Kier molecular flexibility index (Phi) is 10.4. The van der Waals surface area contributed by atoms with E-state index in [1.807, 2.05) is 0 Å². The van der Waals surface area contributed by atoms with Crippen LogP contribution in [-0.4, -0.2) is 53.1 Å². The van der Waals surface area contributed by atoms with E-state index in [1.54, 1.807) is 43.0 Å². The van der Waals surface area contributed by atoms with Gasteiger partial charge in [-0.05, 0) is 78.4 Å². The third kappa shape index (κ3) is 8.42. The lowest BCUT2D eigenvalue weighted by Crippen LogP contribution is -2.55. The Morgan fingerprint density at radius 3 is 2.13 bits per heavy atom. The first-order valence-electron chi connectivity index (χ1n) is 14.9. The van der Waals surface area contributed by atoms with Crippen molar-refractivity contribution in [1.29, 1.82) is 0 Å². The monoisotopic (exact) mass is 624 g/mol. The van der Waals surface area contributed by atoms with Gasteiger partial charge in [0, 0.05) is 5.69 Å². The maximum absolute atomic E-state index is 13.6. The average Bonchev–Trinajstić information content (AvgIpc) is 3.02. The summed E-state index contributed by atoms with van der Waals surface area (Å²) in [5.74, 6) is -4.54. The van der Waals surface area contributed by atoms with Gasteiger partial charge >= 0.3 is 5.97 Å². The molecule has 10 nitrogen and oxygen atoms in total. The Labute approximate surface area is 260 Å². The number of hydrogen-bond acceptors (Lipinski definition) is 6. The number of aliphatic carboxylic acids is 1. The predicted octanol–water partition coefficient (Wildman–Crippen LogP) is 3.90. The molecule has 4 N–H and O–H groups in total. The normalized spacial score (nSPS) is 17.6. The number of nitrogens with zero attached hydrogens (tertiary/aromatic N) is 1. The van der Waals surface area contributed by atoms with E-state index in [-0.39, 0.29) is 18.1 Å². The van der Waals surface area contributed by atoms with Crippen molar-refractivity contribution >= 4 is 29.4 Å². The fraction of sp³-hybridized carbons (Fsp3) is 0.333. The number of benzene rings is 3. The molecule has 3 aromatic rings. The number of aliphatic hydroxyl groups is 1. The fourth-order valence-electron chi connectivity index (χ4n) is 5.13. The van der Waals surface area contributed by atoms with Crippen LogP contribution in [-0.2, 0) is 19.2 Å². The zero-order valence-electron chi connectivity index (χ0n) is 25.7. The number of carboxylic acid groups (broad SMARTS) is 1. The van der Waals surface area contributed by atoms with Crippen molar-refractivity contribution in [2.24, 2.45) is 11.8 Å². The lowest BCUT2D eigenvalue weighted by atomic mass is 9.78. The van der Waals surface area contributed by atoms with Crippen LogP contribution in [0.4, 0.5) is 14.5 Å². The largest absolute Gasteiger partial charge is 0.484 e. The SMILES string of the molecule is [2H]N(CC(=O)N[C@H](C(=O)O)C(C)C)C(=O)COc1ccc([C@@H]2[C@@H](CC[C@H](O)c3ccc(F)cc3)C(=O)N2c2ccc(F)cc2)cc1. The van der Waals surface area contributed by atoms with Crippen molar-refractivity contribution in [2.75, 3.05) is 18.1 Å². The van der Waals surface area contributed by atoms with Gasteiger partial charge in [-0.2, -0.15) is 0 Å². The summed E-state index contributed by atoms with van der Waals surface area (Å²) >= 11 is 0. The number of carbonyl (C=O) groups excluding carboxylic acids is 3. The molecule has 0 spiro atoms. The van der Waals surface area contributed by atoms with Crippen LogP contribution in [0.5, 0.6) is 5.75 Å². The van der Waals surface area contributed by atoms with Crippen LogP contribution in [0.25, 0.3) is 0 Å². The van der Waals surface area contributed by atoms with Gasteiger partial charge in [0.1, 0.15) is 23.4 Å². The highest BCUT2D eigenvalue weighted by Gasteiger charge is 2.48. The zero-order chi connectivity index (χ0) is 33.5. The Morgan fingerprint density at radius 1 is 0.956 bits per heavy atom. The summed E-state index contributed by atoms with van der Waals surface area (Å²) in [6.07, 6.45) is -0.336. The van der Waals surface area contributed by atoms with E-state index in [0.717, 1.165) is 5.56 Å². The number of β-lactam (4-membered cyclic amide) rings is 1. The van der Waals surface area contributed by atoms with Crippen LogP contribution in [0.1, 0.15) is 50.0 Å². The first-order valence-corrected chi connectivity index (χ1v) is 14.4. The Morgan fingerprint density at radius 2 is 1.56 bits per heavy atom. The topological polar surface area (TPSA) is 145 Å². The van der Waals surface area contributed by atoms with E-state index < -0.39 is 72.6 Å². The van der Waals surface area contributed by atoms with E-state index in [4.69, 9.17) is 6.15 Å². The van der Waals surface area contributed by atoms with E-state index in [0.29, 0.717) is 23.0 Å². The maximum Gasteiger partial charge on any atom is 0.326 e. The van der Waals surface area contributed by atoms with E-state index in [2.05, 4.69) is 5.32 Å². The molecule has 4 rings (SSSR count). The lowest BCUT2D eigenvalue weighted by molar-refractivity contribution is -0.143. The molecule has 1 aliphatic rings. The van der Waals surface area contributed by atoms with Crippen LogP contribution in [0.3, 0.4) is 0 Å². The number of carbonyl (C=O) groups is 4. The van der Waals surface area contributed by atoms with Gasteiger partial charge in [-0.25, -0.2) is 13.6 Å². The lowest BCUT2D eigenvalue weighted by Gasteiger charge is -2.48. The van der Waals surface area contributed by atoms with Crippen molar-refractivity contribution in [1.82, 2.24) is 10.6 Å². The van der Waals surface area contributed by atoms with Crippen LogP contribution in [0, 0.1) is 23.5 Å². The van der Waals surface area contributed by atoms with Crippen molar-refractivity contribution < 1.29 is 44.3 Å². The molecule has 0 radical (unpaired) electrons. The fourth-order valence-corrected chi connectivity index (χ4v) is 5.13. The van der Waals surface area contributed by atoms with Crippen LogP contribution >= 0.6 is 0 Å². The first-order chi connectivity index (χ1) is 21.8. The molecule has 1 heterocycles. The minimum absolute atomic E-state index is 0.198. The molecule has 1 aliphatic heterocycles. The molecule has 3 aromatic carbocycles. The second-order valence-corrected chi connectivity index (χ2v) is 11.1. The molecule has 238 valence electrons. The van der Waals surface area contributed by atoms with Gasteiger partial charge in [-0.1, -0.05) is 38.1 Å². The molecule has 3 amide bonds. The Hall–Kier alpha value is -4.84. The molecule has 1 fully saturated rings. The quantitative estimate of drug-likeness (QED) is 0.199. The number of carboxylic acids is 1. The maximum atomic E-state index is 13.6. The van der Waals surface area contributed by atoms with Gasteiger partial charge < -0.3 is 30.5 Å². The molecule has 0 unspecified atom stereocenters. The highest BCUT2D eigenvalue weighted by Crippen LogP contribution is 2.46. The third-order valence-corrected chi connectivity index (χ3v) is 7.56. The molecule has 4 atom stereocenters. The van der Waals surface area contributed by atoms with Crippen molar-refractivity contribution in [2.45, 2.75) is 44.9 Å². The first kappa shape index (κ1) is 31.6. The molecule has 0 saturated carbocycles. The van der Waals surface area contributed by atoms with Crippen molar-refractivity contribution in [3.8, 4) is 5.75 Å². The molecule has 1 saturated heterocycles. The van der Waals surface area contributed by atoms with Gasteiger partial charge in [0.15, 0.2) is 8.02 Å². The highest BCUT2D eigenvalue weighted by molar-refractivity contribution is 6.03. The van der Waals surface area contributed by atoms with Crippen LogP contribution in [0.2, 0.25) is 1.41 Å². The minimum Gasteiger partial charge on any atom is -0.484 e. The summed E-state index contributed by atoms with van der Waals surface area (Å²) < 4.78 is 40.3. The molecular formula is C33H35F2N3O7. The summed E-state index contributed by atoms with van der Waals surface area (Å²) in [6.45, 7) is 2.00. The van der Waals surface area contributed by atoms with Gasteiger partial charge in [-0.15, -0.1) is 0 Å². The number of aliphatic hydroxyl groups excluding tert-OH is 1. The number of amides is 3. The van der Waals surface area contributed by atoms with Gasteiger partial charge in [0.25, 0.3) is 5.91 Å². The molecule has 0 aromatic heterocycles. The van der Waals surface area contributed by atoms with E-state index in [9.17, 15) is 38.2 Å². The zero-order valence-corrected chi connectivity index (χ0v) is 24.7. The van der Waals surface area contributed by atoms with Gasteiger partial charge in [-0.3, -0.25) is 14.4 Å². The number of ether oxygens (including phenoxy) is 1. The highest BCUT2D eigenvalue weighted by atomic mass is 19.1. The average molecular weight is 625 g/mol. The molecule has 0 bridgehead atoms. The second kappa shape index (κ2) is 14.8. The van der Waals surface area contributed by atoms with Crippen LogP contribution in [0.15, 0.2) is 72.8 Å². The van der Waals surface area contributed by atoms with E-state index >= 15 is 0 Å². The minimum atomic E-state index is -1.22. The summed E-state index contributed by atoms with van der Waals surface area (Å²) in [7, 11) is 0. The standard InChI is InChI=1S/C33H35F2N3O7/c1-19(2)30(33(43)44)37-28(40)17-36-29(41)18-45-25-13-5-21(6-14-25)31-26(15-16-27(39)20-3-7-22(34)8-4-20)32(42)38(31)24-11-9-23(35)10-12-24/h3-14,19,26-27,30-31,39H,15-18H2,1-2H3,(H,36,41)(H,37,40)(H,43,44)/t26-,27+,30+,31-/m1/s1/i/hD. The van der Waals surface area contributed by atoms with Gasteiger partial charge in [0.2, 0.25) is 11.8 Å². The number of hydrogen-bond donors (Lipinski definition) is 4. The molecule has 45 heavy (non-hydrogen) atoms. The third-order valence-electron chi connectivity index (χ3n) is 7.56. The van der Waals surface area contributed by atoms with Gasteiger partial charge in [0.05, 0.1) is 24.6 Å². The molecular weight excluding hydrogens is 588 g/mol. The Bertz CT molecular complexity index is 1540. The number of nitrogens with one attached hydrogen (secondary N) is 2. The predicted molar refractivity (Wildman–Crippen MR) is 160 cm³/mol. The van der Waals surface area contributed by atoms with E-state index in [1.165, 1.54) is 48.5 Å². The second-order valence-electron chi connectivity index (χ2n) is 11.1.